The monoisotopic (exact) mass is 343 g/mol. The van der Waals surface area contributed by atoms with Gasteiger partial charge in [0.2, 0.25) is 11.8 Å². The minimum absolute atomic E-state index is 0.0126. The maximum absolute atomic E-state index is 12.6. The van der Waals surface area contributed by atoms with Crippen molar-refractivity contribution in [1.82, 2.24) is 10.2 Å². The SMILES string of the molecule is COc1cc(C#N)ccc1OCC(=O)N(C1CC1)[C@H]1CC(=O)NC1=O. The second kappa shape index (κ2) is 6.81. The van der Waals surface area contributed by atoms with Gasteiger partial charge in [-0.3, -0.25) is 19.7 Å². The first-order valence-electron chi connectivity index (χ1n) is 7.89. The first-order valence-corrected chi connectivity index (χ1v) is 7.89. The van der Waals surface area contributed by atoms with E-state index in [1.807, 2.05) is 6.07 Å². The van der Waals surface area contributed by atoms with Crippen molar-refractivity contribution >= 4 is 17.7 Å². The molecule has 3 rings (SSSR count). The number of imide groups is 1. The Hall–Kier alpha value is -3.08. The highest BCUT2D eigenvalue weighted by Gasteiger charge is 2.44. The van der Waals surface area contributed by atoms with Crippen LogP contribution in [0.1, 0.15) is 24.8 Å². The first kappa shape index (κ1) is 16.8. The van der Waals surface area contributed by atoms with Gasteiger partial charge in [0.05, 0.1) is 25.2 Å². The van der Waals surface area contributed by atoms with Crippen molar-refractivity contribution in [3.63, 3.8) is 0 Å². The van der Waals surface area contributed by atoms with E-state index >= 15 is 0 Å². The topological polar surface area (TPSA) is 109 Å². The summed E-state index contributed by atoms with van der Waals surface area (Å²) in [6, 6.07) is 5.83. The van der Waals surface area contributed by atoms with Gasteiger partial charge >= 0.3 is 0 Å². The summed E-state index contributed by atoms with van der Waals surface area (Å²) in [7, 11) is 1.44. The van der Waals surface area contributed by atoms with Crippen LogP contribution < -0.4 is 14.8 Å². The Morgan fingerprint density at radius 2 is 2.12 bits per heavy atom. The van der Waals surface area contributed by atoms with Crippen LogP contribution in [0.4, 0.5) is 0 Å². The molecule has 8 heteroatoms. The summed E-state index contributed by atoms with van der Waals surface area (Å²) < 4.78 is 10.7. The largest absolute Gasteiger partial charge is 0.493 e. The number of nitrogens with one attached hydrogen (secondary N) is 1. The molecule has 1 aromatic rings. The fourth-order valence-electron chi connectivity index (χ4n) is 2.82. The van der Waals surface area contributed by atoms with Crippen LogP contribution in [0.25, 0.3) is 0 Å². The van der Waals surface area contributed by atoms with Gasteiger partial charge in [-0.15, -0.1) is 0 Å². The molecular weight excluding hydrogens is 326 g/mol. The average molecular weight is 343 g/mol. The van der Waals surface area contributed by atoms with Gasteiger partial charge in [0.1, 0.15) is 6.04 Å². The molecular formula is C17H17N3O5. The van der Waals surface area contributed by atoms with Crippen LogP contribution in [0.15, 0.2) is 18.2 Å². The van der Waals surface area contributed by atoms with Gasteiger partial charge in [-0.2, -0.15) is 5.26 Å². The van der Waals surface area contributed by atoms with Gasteiger partial charge in [0.15, 0.2) is 18.1 Å². The van der Waals surface area contributed by atoms with Crippen LogP contribution in [0, 0.1) is 11.3 Å². The number of carbonyl (C=O) groups excluding carboxylic acids is 3. The first-order chi connectivity index (χ1) is 12.0. The van der Waals surface area contributed by atoms with Gasteiger partial charge < -0.3 is 14.4 Å². The zero-order chi connectivity index (χ0) is 18.0. The summed E-state index contributed by atoms with van der Waals surface area (Å²) >= 11 is 0. The predicted octanol–water partition coefficient (Wildman–Crippen LogP) is 0.352. The van der Waals surface area contributed by atoms with E-state index in [4.69, 9.17) is 14.7 Å². The number of hydrogen-bond acceptors (Lipinski definition) is 6. The molecule has 0 radical (unpaired) electrons. The van der Waals surface area contributed by atoms with Crippen LogP contribution in [0.2, 0.25) is 0 Å². The minimum Gasteiger partial charge on any atom is -0.493 e. The quantitative estimate of drug-likeness (QED) is 0.747. The number of hydrogen-bond donors (Lipinski definition) is 1. The highest BCUT2D eigenvalue weighted by molar-refractivity contribution is 6.07. The second-order valence-corrected chi connectivity index (χ2v) is 5.93. The number of carbonyl (C=O) groups is 3. The molecule has 1 heterocycles. The molecule has 0 aromatic heterocycles. The lowest BCUT2D eigenvalue weighted by Crippen LogP contribution is -2.47. The van der Waals surface area contributed by atoms with Gasteiger partial charge in [-0.05, 0) is 25.0 Å². The van der Waals surface area contributed by atoms with Crippen molar-refractivity contribution in [3.8, 4) is 17.6 Å². The molecule has 1 N–H and O–H groups in total. The summed E-state index contributed by atoms with van der Waals surface area (Å²) in [4.78, 5) is 37.3. The number of nitriles is 1. The molecule has 1 aliphatic carbocycles. The molecule has 1 saturated heterocycles. The molecule has 2 fully saturated rings. The van der Waals surface area contributed by atoms with Crippen molar-refractivity contribution in [1.29, 1.82) is 5.26 Å². The second-order valence-electron chi connectivity index (χ2n) is 5.93. The molecule has 8 nitrogen and oxygen atoms in total. The summed E-state index contributed by atoms with van der Waals surface area (Å²) in [5.41, 5.74) is 0.413. The lowest BCUT2D eigenvalue weighted by Gasteiger charge is -2.26. The lowest BCUT2D eigenvalue weighted by molar-refractivity contribution is -0.141. The van der Waals surface area contributed by atoms with Gasteiger partial charge in [-0.1, -0.05) is 0 Å². The zero-order valence-corrected chi connectivity index (χ0v) is 13.7. The van der Waals surface area contributed by atoms with E-state index in [0.29, 0.717) is 17.1 Å². The van der Waals surface area contributed by atoms with E-state index in [-0.39, 0.29) is 30.9 Å². The molecule has 3 amide bonds. The highest BCUT2D eigenvalue weighted by atomic mass is 16.5. The van der Waals surface area contributed by atoms with Crippen LogP contribution in [-0.2, 0) is 14.4 Å². The molecule has 1 aromatic carbocycles. The number of ether oxygens (including phenoxy) is 2. The summed E-state index contributed by atoms with van der Waals surface area (Å²) in [5.74, 6) is -0.496. The maximum Gasteiger partial charge on any atom is 0.261 e. The van der Waals surface area contributed by atoms with E-state index in [1.54, 1.807) is 12.1 Å². The molecule has 1 aliphatic heterocycles. The van der Waals surface area contributed by atoms with E-state index in [2.05, 4.69) is 5.32 Å². The zero-order valence-electron chi connectivity index (χ0n) is 13.7. The third kappa shape index (κ3) is 3.55. The Morgan fingerprint density at radius 1 is 1.36 bits per heavy atom. The van der Waals surface area contributed by atoms with Crippen molar-refractivity contribution < 1.29 is 23.9 Å². The lowest BCUT2D eigenvalue weighted by atomic mass is 10.2. The van der Waals surface area contributed by atoms with Crippen molar-refractivity contribution in [2.45, 2.75) is 31.3 Å². The Bertz CT molecular complexity index is 766. The van der Waals surface area contributed by atoms with Crippen LogP contribution in [-0.4, -0.2) is 48.4 Å². The molecule has 2 aliphatic rings. The highest BCUT2D eigenvalue weighted by Crippen LogP contribution is 2.32. The summed E-state index contributed by atoms with van der Waals surface area (Å²) in [6.45, 7) is -0.281. The van der Waals surface area contributed by atoms with Crippen LogP contribution >= 0.6 is 0 Å². The molecule has 130 valence electrons. The Labute approximate surface area is 144 Å². The van der Waals surface area contributed by atoms with Crippen molar-refractivity contribution in [3.05, 3.63) is 23.8 Å². The number of amides is 3. The Morgan fingerprint density at radius 3 is 2.68 bits per heavy atom. The van der Waals surface area contributed by atoms with Gasteiger partial charge in [-0.25, -0.2) is 0 Å². The third-order valence-electron chi connectivity index (χ3n) is 4.15. The van der Waals surface area contributed by atoms with Crippen LogP contribution in [0.3, 0.4) is 0 Å². The van der Waals surface area contributed by atoms with Crippen LogP contribution in [0.5, 0.6) is 11.5 Å². The molecule has 0 unspecified atom stereocenters. The fraction of sp³-hybridized carbons (Fsp3) is 0.412. The number of methoxy groups -OCH3 is 1. The van der Waals surface area contributed by atoms with Crippen molar-refractivity contribution in [2.75, 3.05) is 13.7 Å². The number of benzene rings is 1. The molecule has 1 saturated carbocycles. The smallest absolute Gasteiger partial charge is 0.261 e. The number of rotatable bonds is 6. The molecule has 25 heavy (non-hydrogen) atoms. The molecule has 1 atom stereocenters. The van der Waals surface area contributed by atoms with Gasteiger partial charge in [0, 0.05) is 12.1 Å². The Kier molecular flexibility index (Phi) is 4.57. The fourth-order valence-corrected chi connectivity index (χ4v) is 2.82. The van der Waals surface area contributed by atoms with Gasteiger partial charge in [0.25, 0.3) is 5.91 Å². The van der Waals surface area contributed by atoms with E-state index in [0.717, 1.165) is 12.8 Å². The summed E-state index contributed by atoms with van der Waals surface area (Å²) in [5, 5.41) is 11.1. The Balaban J connectivity index is 1.70. The average Bonchev–Trinajstić information content (AvgIpc) is 3.38. The molecule has 0 bridgehead atoms. The van der Waals surface area contributed by atoms with E-state index in [1.165, 1.54) is 18.1 Å². The summed E-state index contributed by atoms with van der Waals surface area (Å²) in [6.07, 6.45) is 1.61. The maximum atomic E-state index is 12.6. The minimum atomic E-state index is -0.765. The van der Waals surface area contributed by atoms with Crippen molar-refractivity contribution in [2.24, 2.45) is 0 Å². The molecule has 0 spiro atoms. The predicted molar refractivity (Wildman–Crippen MR) is 84.6 cm³/mol. The number of nitrogens with zero attached hydrogens (tertiary/aromatic N) is 2. The van der Waals surface area contributed by atoms with E-state index in [9.17, 15) is 14.4 Å². The normalized spacial score (nSPS) is 19.1. The standard InChI is InChI=1S/C17H17N3O5/c1-24-14-6-10(8-18)2-5-13(14)25-9-16(22)20(11-3-4-11)12-7-15(21)19-17(12)23/h2,5-6,11-12H,3-4,7,9H2,1H3,(H,19,21,23)/t12-/m0/s1. The third-order valence-corrected chi connectivity index (χ3v) is 4.15. The van der Waals surface area contributed by atoms with E-state index < -0.39 is 11.9 Å².